The average Bonchev–Trinajstić information content (AvgIpc) is 3.59. The molecule has 0 bridgehead atoms. The van der Waals surface area contributed by atoms with E-state index in [9.17, 15) is 13.2 Å². The van der Waals surface area contributed by atoms with Gasteiger partial charge in [0, 0.05) is 48.3 Å². The Morgan fingerprint density at radius 2 is 1.94 bits per heavy atom. The highest BCUT2D eigenvalue weighted by atomic mass is 19.4. The summed E-state index contributed by atoms with van der Waals surface area (Å²) < 4.78 is 39.8. The molecular weight excluding hydrogens is 417 g/mol. The Bertz CT molecular complexity index is 944. The van der Waals surface area contributed by atoms with Crippen LogP contribution >= 0.6 is 0 Å². The smallest absolute Gasteiger partial charge is 0.398 e. The number of alkyl halides is 3. The summed E-state index contributed by atoms with van der Waals surface area (Å²) in [5.74, 6) is 1.13. The molecule has 2 aliphatic rings. The van der Waals surface area contributed by atoms with Crippen molar-refractivity contribution in [1.29, 1.82) is 0 Å². The van der Waals surface area contributed by atoms with Crippen molar-refractivity contribution in [2.45, 2.75) is 63.7 Å². The molecule has 2 fully saturated rings. The summed E-state index contributed by atoms with van der Waals surface area (Å²) >= 11 is 0. The van der Waals surface area contributed by atoms with Crippen molar-refractivity contribution in [3.05, 3.63) is 35.5 Å². The minimum absolute atomic E-state index is 0.260. The maximum absolute atomic E-state index is 13.3. The quantitative estimate of drug-likeness (QED) is 0.591. The van der Waals surface area contributed by atoms with Gasteiger partial charge in [0.15, 0.2) is 0 Å². The molecule has 1 aromatic heterocycles. The van der Waals surface area contributed by atoms with Crippen molar-refractivity contribution in [3.63, 3.8) is 0 Å². The fourth-order valence-electron chi connectivity index (χ4n) is 4.37. The van der Waals surface area contributed by atoms with Crippen LogP contribution in [0.2, 0.25) is 0 Å². The van der Waals surface area contributed by atoms with E-state index in [0.717, 1.165) is 49.9 Å². The number of nitrogen functional groups attached to an aromatic ring is 1. The van der Waals surface area contributed by atoms with Gasteiger partial charge < -0.3 is 16.0 Å². The number of rotatable bonds is 7. The molecule has 9 heteroatoms. The molecule has 1 aliphatic heterocycles. The van der Waals surface area contributed by atoms with Crippen LogP contribution in [-0.2, 0) is 12.6 Å². The lowest BCUT2D eigenvalue weighted by Gasteiger charge is -2.38. The summed E-state index contributed by atoms with van der Waals surface area (Å²) in [6.45, 7) is 3.89. The second kappa shape index (κ2) is 9.13. The number of nitrogens with one attached hydrogen (secondary N) is 1. The molecule has 6 nitrogen and oxygen atoms in total. The number of aromatic nitrogens is 2. The second-order valence-corrected chi connectivity index (χ2v) is 8.85. The van der Waals surface area contributed by atoms with E-state index < -0.39 is 11.7 Å². The van der Waals surface area contributed by atoms with Crippen LogP contribution in [0.15, 0.2) is 24.3 Å². The average molecular weight is 449 g/mol. The molecule has 1 saturated carbocycles. The summed E-state index contributed by atoms with van der Waals surface area (Å²) in [5, 5.41) is 2.97. The molecule has 0 unspecified atom stereocenters. The van der Waals surface area contributed by atoms with Crippen molar-refractivity contribution < 1.29 is 13.2 Å². The maximum Gasteiger partial charge on any atom is 0.418 e. The predicted molar refractivity (Wildman–Crippen MR) is 121 cm³/mol. The van der Waals surface area contributed by atoms with Gasteiger partial charge in [0.25, 0.3) is 0 Å². The lowest BCUT2D eigenvalue weighted by Crippen LogP contribution is -2.47. The standard InChI is InChI=1S/C23H31F3N6/c1-3-5-15-13-21(32-11-4-6-18(14-32)31(2)17-8-9-17)30-22(28-15)29-16-7-10-20(27)19(12-16)23(24,25)26/h7,10,12-13,17-18H,3-6,8-9,11,14,27H2,1-2H3,(H,28,29,30)/t18-/m1/s1. The minimum atomic E-state index is -4.52. The number of aryl methyl sites for hydroxylation is 1. The van der Waals surface area contributed by atoms with E-state index in [0.29, 0.717) is 18.0 Å². The number of hydrogen-bond donors (Lipinski definition) is 2. The molecule has 3 N–H and O–H groups in total. The molecule has 0 amide bonds. The van der Waals surface area contributed by atoms with Crippen molar-refractivity contribution in [2.75, 3.05) is 36.1 Å². The summed E-state index contributed by atoms with van der Waals surface area (Å²) in [6, 6.07) is 6.98. The Morgan fingerprint density at radius 3 is 2.62 bits per heavy atom. The molecule has 0 radical (unpaired) electrons. The van der Waals surface area contributed by atoms with Crippen molar-refractivity contribution in [1.82, 2.24) is 14.9 Å². The fourth-order valence-corrected chi connectivity index (χ4v) is 4.37. The van der Waals surface area contributed by atoms with Gasteiger partial charge in [-0.3, -0.25) is 4.90 Å². The van der Waals surface area contributed by atoms with Crippen molar-refractivity contribution in [2.24, 2.45) is 0 Å². The third-order valence-corrected chi connectivity index (χ3v) is 6.31. The zero-order valence-electron chi connectivity index (χ0n) is 18.6. The second-order valence-electron chi connectivity index (χ2n) is 8.85. The molecule has 1 saturated heterocycles. The summed E-state index contributed by atoms with van der Waals surface area (Å²) in [6.07, 6.45) is 1.99. The van der Waals surface area contributed by atoms with E-state index in [2.05, 4.69) is 39.1 Å². The van der Waals surface area contributed by atoms with E-state index in [1.54, 1.807) is 0 Å². The van der Waals surface area contributed by atoms with Crippen LogP contribution in [0.4, 0.5) is 36.3 Å². The Morgan fingerprint density at radius 1 is 1.16 bits per heavy atom. The number of halogens is 3. The summed E-state index contributed by atoms with van der Waals surface area (Å²) in [5.41, 5.74) is 5.50. The molecule has 2 heterocycles. The molecule has 1 aliphatic carbocycles. The number of anilines is 4. The van der Waals surface area contributed by atoms with Gasteiger partial charge >= 0.3 is 6.18 Å². The van der Waals surface area contributed by atoms with Crippen LogP contribution in [0.1, 0.15) is 50.3 Å². The SMILES string of the molecule is CCCc1cc(N2CCC[C@@H](N(C)C3CC3)C2)nc(Nc2ccc(N)c(C(F)(F)F)c2)n1. The first-order valence-electron chi connectivity index (χ1n) is 11.3. The van der Waals surface area contributed by atoms with Gasteiger partial charge in [-0.2, -0.15) is 18.2 Å². The van der Waals surface area contributed by atoms with Crippen LogP contribution in [0.25, 0.3) is 0 Å². The molecule has 2 aromatic rings. The van der Waals surface area contributed by atoms with E-state index in [4.69, 9.17) is 5.73 Å². The molecule has 0 spiro atoms. The number of piperidine rings is 1. The highest BCUT2D eigenvalue weighted by Crippen LogP contribution is 2.36. The summed E-state index contributed by atoms with van der Waals surface area (Å²) in [7, 11) is 2.21. The minimum Gasteiger partial charge on any atom is -0.398 e. The monoisotopic (exact) mass is 448 g/mol. The molecule has 32 heavy (non-hydrogen) atoms. The van der Waals surface area contributed by atoms with Gasteiger partial charge in [-0.25, -0.2) is 4.98 Å². The highest BCUT2D eigenvalue weighted by Gasteiger charge is 2.34. The van der Waals surface area contributed by atoms with E-state index in [1.807, 2.05) is 6.07 Å². The molecule has 1 aromatic carbocycles. The lowest BCUT2D eigenvalue weighted by molar-refractivity contribution is -0.136. The summed E-state index contributed by atoms with van der Waals surface area (Å²) in [4.78, 5) is 14.0. The highest BCUT2D eigenvalue weighted by molar-refractivity contribution is 5.63. The van der Waals surface area contributed by atoms with Gasteiger partial charge in [0.1, 0.15) is 5.82 Å². The molecule has 1 atom stereocenters. The molecule has 4 rings (SSSR count). The zero-order chi connectivity index (χ0) is 22.9. The topological polar surface area (TPSA) is 70.3 Å². The van der Waals surface area contributed by atoms with Gasteiger partial charge in [-0.1, -0.05) is 13.3 Å². The van der Waals surface area contributed by atoms with E-state index in [1.165, 1.54) is 31.4 Å². The van der Waals surface area contributed by atoms with Crippen molar-refractivity contribution in [3.8, 4) is 0 Å². The number of nitrogens with zero attached hydrogens (tertiary/aromatic N) is 4. The first kappa shape index (κ1) is 22.6. The number of likely N-dealkylation sites (N-methyl/N-ethyl adjacent to an activating group) is 1. The normalized spacial score (nSPS) is 19.4. The number of nitrogens with two attached hydrogens (primary N) is 1. The van der Waals surface area contributed by atoms with Gasteiger partial charge in [-0.15, -0.1) is 0 Å². The van der Waals surface area contributed by atoms with Gasteiger partial charge in [-0.05, 0) is 57.4 Å². The van der Waals surface area contributed by atoms with Crippen LogP contribution in [-0.4, -0.2) is 47.1 Å². The van der Waals surface area contributed by atoms with Crippen LogP contribution in [0, 0.1) is 0 Å². The molecular formula is C23H31F3N6. The molecule has 174 valence electrons. The first-order valence-corrected chi connectivity index (χ1v) is 11.3. The Labute approximate surface area is 187 Å². The van der Waals surface area contributed by atoms with E-state index in [-0.39, 0.29) is 11.4 Å². The van der Waals surface area contributed by atoms with Crippen molar-refractivity contribution >= 4 is 23.1 Å². The third kappa shape index (κ3) is 5.26. The largest absolute Gasteiger partial charge is 0.418 e. The Balaban J connectivity index is 1.58. The Kier molecular flexibility index (Phi) is 6.46. The first-order chi connectivity index (χ1) is 15.2. The number of hydrogen-bond acceptors (Lipinski definition) is 6. The maximum atomic E-state index is 13.3. The lowest BCUT2D eigenvalue weighted by atomic mass is 10.0. The zero-order valence-corrected chi connectivity index (χ0v) is 18.6. The van der Waals surface area contributed by atoms with Gasteiger partial charge in [0.2, 0.25) is 5.95 Å². The number of benzene rings is 1. The predicted octanol–water partition coefficient (Wildman–Crippen LogP) is 4.84. The Hall–Kier alpha value is -2.55. The fraction of sp³-hybridized carbons (Fsp3) is 0.565. The van der Waals surface area contributed by atoms with Crippen LogP contribution in [0.3, 0.4) is 0 Å². The van der Waals surface area contributed by atoms with Crippen LogP contribution in [0.5, 0.6) is 0 Å². The van der Waals surface area contributed by atoms with Crippen LogP contribution < -0.4 is 16.0 Å². The third-order valence-electron chi connectivity index (χ3n) is 6.31. The van der Waals surface area contributed by atoms with Gasteiger partial charge in [0.05, 0.1) is 5.56 Å². The van der Waals surface area contributed by atoms with E-state index >= 15 is 0 Å².